The van der Waals surface area contributed by atoms with E-state index in [2.05, 4.69) is 21.2 Å². The van der Waals surface area contributed by atoms with Gasteiger partial charge in [0.15, 0.2) is 11.5 Å². The molecule has 170 valence electrons. The van der Waals surface area contributed by atoms with Crippen molar-refractivity contribution in [2.24, 2.45) is 0 Å². The summed E-state index contributed by atoms with van der Waals surface area (Å²) >= 11 is 10.3. The molecule has 32 heavy (non-hydrogen) atoms. The van der Waals surface area contributed by atoms with Crippen molar-refractivity contribution in [1.82, 2.24) is 0 Å². The van der Waals surface area contributed by atoms with Crippen LogP contribution in [0, 0.1) is 0 Å². The molecule has 1 amide bonds. The highest BCUT2D eigenvalue weighted by molar-refractivity contribution is 9.10. The Morgan fingerprint density at radius 1 is 1.19 bits per heavy atom. The Morgan fingerprint density at radius 3 is 2.59 bits per heavy atom. The molecule has 11 heteroatoms. The van der Waals surface area contributed by atoms with Gasteiger partial charge in [0.2, 0.25) is 0 Å². The molecule has 1 heterocycles. The molecule has 0 aliphatic heterocycles. The molecule has 2 aromatic carbocycles. The van der Waals surface area contributed by atoms with E-state index in [1.807, 2.05) is 13.0 Å². The summed E-state index contributed by atoms with van der Waals surface area (Å²) in [5.74, 6) is 0.316. The van der Waals surface area contributed by atoms with Crippen LogP contribution in [0.1, 0.15) is 16.6 Å². The fraction of sp³-hybridized carbons (Fsp3) is 0.190. The van der Waals surface area contributed by atoms with Gasteiger partial charge in [-0.15, -0.1) is 11.3 Å². The number of sulfonamides is 1. The largest absolute Gasteiger partial charge is 0.493 e. The fourth-order valence-electron chi connectivity index (χ4n) is 2.86. The molecule has 0 radical (unpaired) electrons. The number of hydrogen-bond donors (Lipinski definition) is 1. The molecule has 7 nitrogen and oxygen atoms in total. The maximum Gasteiger partial charge on any atom is 0.267 e. The predicted octanol–water partition coefficient (Wildman–Crippen LogP) is 5.65. The highest BCUT2D eigenvalue weighted by atomic mass is 79.9. The van der Waals surface area contributed by atoms with Crippen molar-refractivity contribution in [3.05, 3.63) is 62.2 Å². The quantitative estimate of drug-likeness (QED) is 0.386. The summed E-state index contributed by atoms with van der Waals surface area (Å²) in [6.07, 6.45) is 0. The molecule has 3 aromatic rings. The Balaban J connectivity index is 1.96. The summed E-state index contributed by atoms with van der Waals surface area (Å²) < 4.78 is 39.6. The first kappa shape index (κ1) is 24.4. The van der Waals surface area contributed by atoms with Crippen molar-refractivity contribution in [3.8, 4) is 11.5 Å². The minimum Gasteiger partial charge on any atom is -0.493 e. The molecule has 1 aromatic heterocycles. The molecule has 1 N–H and O–H groups in total. The Morgan fingerprint density at radius 2 is 1.94 bits per heavy atom. The van der Waals surface area contributed by atoms with Crippen LogP contribution in [-0.2, 0) is 10.0 Å². The van der Waals surface area contributed by atoms with Gasteiger partial charge >= 0.3 is 0 Å². The summed E-state index contributed by atoms with van der Waals surface area (Å²) in [5.41, 5.74) is 0.854. The van der Waals surface area contributed by atoms with Crippen LogP contribution in [0.3, 0.4) is 0 Å². The fourth-order valence-corrected chi connectivity index (χ4v) is 6.14. The zero-order chi connectivity index (χ0) is 23.5. The third kappa shape index (κ3) is 5.20. The Hall–Kier alpha value is -2.27. The monoisotopic (exact) mass is 558 g/mol. The van der Waals surface area contributed by atoms with Crippen LogP contribution in [-0.4, -0.2) is 35.1 Å². The van der Waals surface area contributed by atoms with Gasteiger partial charge in [-0.1, -0.05) is 33.6 Å². The zero-order valence-electron chi connectivity index (χ0n) is 17.4. The molecular formula is C21H20BrClN2O5S2. The first-order chi connectivity index (χ1) is 15.2. The number of nitrogens with one attached hydrogen (secondary N) is 1. The lowest BCUT2D eigenvalue weighted by Crippen LogP contribution is -2.28. The molecule has 0 aliphatic carbocycles. The number of carbonyl (C=O) groups excluding carboxylic acids is 1. The van der Waals surface area contributed by atoms with Crippen LogP contribution in [0.15, 0.2) is 57.9 Å². The second kappa shape index (κ2) is 10.1. The molecule has 0 aliphatic rings. The Kier molecular flexibility index (Phi) is 7.71. The van der Waals surface area contributed by atoms with Gasteiger partial charge in [-0.05, 0) is 43.3 Å². The number of rotatable bonds is 8. The van der Waals surface area contributed by atoms with Gasteiger partial charge in [-0.25, -0.2) is 8.42 Å². The van der Waals surface area contributed by atoms with E-state index >= 15 is 0 Å². The summed E-state index contributed by atoms with van der Waals surface area (Å²) in [7, 11) is -1.24. The van der Waals surface area contributed by atoms with Crippen molar-refractivity contribution in [3.63, 3.8) is 0 Å². The van der Waals surface area contributed by atoms with E-state index < -0.39 is 15.9 Å². The first-order valence-electron chi connectivity index (χ1n) is 9.33. The highest BCUT2D eigenvalue weighted by Gasteiger charge is 2.30. The average Bonchev–Trinajstić information content (AvgIpc) is 3.16. The molecule has 0 saturated carbocycles. The lowest BCUT2D eigenvalue weighted by atomic mass is 10.3. The molecule has 0 unspecified atom stereocenters. The predicted molar refractivity (Wildman–Crippen MR) is 131 cm³/mol. The van der Waals surface area contributed by atoms with Crippen LogP contribution in [0.5, 0.6) is 11.5 Å². The van der Waals surface area contributed by atoms with Gasteiger partial charge in [0.25, 0.3) is 15.9 Å². The average molecular weight is 560 g/mol. The number of hydrogen-bond acceptors (Lipinski definition) is 6. The number of anilines is 2. The number of benzene rings is 2. The molecule has 3 rings (SSSR count). The third-order valence-electron chi connectivity index (χ3n) is 4.41. The van der Waals surface area contributed by atoms with E-state index in [0.29, 0.717) is 29.5 Å². The van der Waals surface area contributed by atoms with Gasteiger partial charge in [0, 0.05) is 23.3 Å². The van der Waals surface area contributed by atoms with Crippen LogP contribution in [0.4, 0.5) is 11.4 Å². The zero-order valence-corrected chi connectivity index (χ0v) is 21.4. The van der Waals surface area contributed by atoms with Crippen molar-refractivity contribution >= 4 is 66.2 Å². The number of thiophene rings is 1. The molecule has 0 atom stereocenters. The van der Waals surface area contributed by atoms with Crippen molar-refractivity contribution in [1.29, 1.82) is 0 Å². The lowest BCUT2D eigenvalue weighted by Gasteiger charge is -2.21. The minimum atomic E-state index is -4.10. The normalized spacial score (nSPS) is 11.2. The molecule has 0 saturated heterocycles. The van der Waals surface area contributed by atoms with Gasteiger partial charge < -0.3 is 14.8 Å². The standard InChI is InChI=1S/C21H20BrClN2O5S2/c1-4-30-16-9-8-15(11-17(16)29-3)25(2)32(27,28)18-12-19(23)31-20(18)21(26)24-14-7-5-6-13(22)10-14/h5-12H,4H2,1-3H3,(H,24,26). The van der Waals surface area contributed by atoms with Gasteiger partial charge in [-0.3, -0.25) is 9.10 Å². The summed E-state index contributed by atoms with van der Waals surface area (Å²) in [6.45, 7) is 2.28. The van der Waals surface area contributed by atoms with Gasteiger partial charge in [0.05, 0.1) is 23.7 Å². The number of methoxy groups -OCH3 is 1. The van der Waals surface area contributed by atoms with Gasteiger partial charge in [0.1, 0.15) is 9.77 Å². The first-order valence-corrected chi connectivity index (χ1v) is 12.8. The lowest BCUT2D eigenvalue weighted by molar-refractivity contribution is 0.102. The van der Waals surface area contributed by atoms with Crippen LogP contribution < -0.4 is 19.1 Å². The smallest absolute Gasteiger partial charge is 0.267 e. The van der Waals surface area contributed by atoms with Crippen molar-refractivity contribution in [2.75, 3.05) is 30.4 Å². The van der Waals surface area contributed by atoms with Crippen molar-refractivity contribution in [2.45, 2.75) is 11.8 Å². The van der Waals surface area contributed by atoms with Crippen LogP contribution in [0.2, 0.25) is 4.34 Å². The SMILES string of the molecule is CCOc1ccc(N(C)S(=O)(=O)c2cc(Cl)sc2C(=O)Nc2cccc(Br)c2)cc1OC. The summed E-state index contributed by atoms with van der Waals surface area (Å²) in [5, 5.41) is 2.71. The molecular weight excluding hydrogens is 540 g/mol. The van der Waals surface area contributed by atoms with Crippen LogP contribution >= 0.6 is 38.9 Å². The maximum atomic E-state index is 13.4. The van der Waals surface area contributed by atoms with E-state index in [9.17, 15) is 13.2 Å². The highest BCUT2D eigenvalue weighted by Crippen LogP contribution is 2.37. The molecule has 0 fully saturated rings. The van der Waals surface area contributed by atoms with E-state index in [4.69, 9.17) is 21.1 Å². The minimum absolute atomic E-state index is 0.0141. The number of carbonyl (C=O) groups is 1. The summed E-state index contributed by atoms with van der Waals surface area (Å²) in [4.78, 5) is 12.7. The van der Waals surface area contributed by atoms with E-state index in [0.717, 1.165) is 20.1 Å². The van der Waals surface area contributed by atoms with E-state index in [1.165, 1.54) is 20.2 Å². The topological polar surface area (TPSA) is 84.9 Å². The Labute approximate surface area is 204 Å². The molecule has 0 bridgehead atoms. The third-order valence-corrected chi connectivity index (χ3v) is 8.10. The number of amides is 1. The Bertz CT molecular complexity index is 1250. The number of nitrogens with zero attached hydrogens (tertiary/aromatic N) is 1. The maximum absolute atomic E-state index is 13.4. The van der Waals surface area contributed by atoms with E-state index in [1.54, 1.807) is 36.4 Å². The number of ether oxygens (including phenoxy) is 2. The second-order valence-electron chi connectivity index (χ2n) is 6.45. The molecule has 0 spiro atoms. The second-order valence-corrected chi connectivity index (χ2v) is 11.0. The van der Waals surface area contributed by atoms with Gasteiger partial charge in [-0.2, -0.15) is 0 Å². The van der Waals surface area contributed by atoms with E-state index in [-0.39, 0.29) is 14.1 Å². The number of halogens is 2. The van der Waals surface area contributed by atoms with Crippen molar-refractivity contribution < 1.29 is 22.7 Å². The summed E-state index contributed by atoms with van der Waals surface area (Å²) in [6, 6.07) is 13.0. The van der Waals surface area contributed by atoms with Crippen LogP contribution in [0.25, 0.3) is 0 Å².